The molecule has 1 nitrogen and oxygen atoms in total. The number of pyridine rings is 1. The predicted octanol–water partition coefficient (Wildman–Crippen LogP) is 14.1. The van der Waals surface area contributed by atoms with Crippen molar-refractivity contribution in [3.63, 3.8) is 0 Å². The van der Waals surface area contributed by atoms with Gasteiger partial charge >= 0.3 is 0 Å². The van der Waals surface area contributed by atoms with Gasteiger partial charge in [-0.3, -0.25) is 4.98 Å². The molecule has 0 bridgehead atoms. The standard InChI is InChI=1S/C41H25Br4N/c42-32-15-7-26(8-16-32)36-25-37(30-4-3-5-31(24-30)38-6-1-2-23-46-38)40(28-11-19-34(44)20-12-28)41(29-13-21-35(45)22-14-29)39(36)27-9-17-33(43)18-10-27/h1-25H. The minimum Gasteiger partial charge on any atom is -0.256 e. The van der Waals surface area contributed by atoms with E-state index in [1.165, 1.54) is 16.7 Å². The Kier molecular flexibility index (Phi) is 9.19. The van der Waals surface area contributed by atoms with Crippen molar-refractivity contribution in [2.75, 3.05) is 0 Å². The fourth-order valence-corrected chi connectivity index (χ4v) is 6.94. The molecule has 0 radical (unpaired) electrons. The lowest BCUT2D eigenvalue weighted by Crippen LogP contribution is -1.98. The summed E-state index contributed by atoms with van der Waals surface area (Å²) in [6, 6.07) is 51.8. The number of halogens is 4. The molecule has 0 aliphatic carbocycles. The molecule has 0 unspecified atom stereocenters. The topological polar surface area (TPSA) is 12.9 Å². The molecule has 0 fully saturated rings. The molecule has 7 rings (SSSR count). The van der Waals surface area contributed by atoms with Crippen molar-refractivity contribution in [3.8, 4) is 66.9 Å². The van der Waals surface area contributed by atoms with Crippen molar-refractivity contribution < 1.29 is 0 Å². The molecule has 6 aromatic carbocycles. The molecule has 0 saturated carbocycles. The van der Waals surface area contributed by atoms with Gasteiger partial charge in [-0.15, -0.1) is 0 Å². The summed E-state index contributed by atoms with van der Waals surface area (Å²) in [5.74, 6) is 0. The lowest BCUT2D eigenvalue weighted by molar-refractivity contribution is 1.33. The van der Waals surface area contributed by atoms with Crippen LogP contribution in [0.3, 0.4) is 0 Å². The van der Waals surface area contributed by atoms with Crippen LogP contribution in [0.15, 0.2) is 170 Å². The summed E-state index contributed by atoms with van der Waals surface area (Å²) in [4.78, 5) is 4.66. The summed E-state index contributed by atoms with van der Waals surface area (Å²) < 4.78 is 4.17. The molecule has 0 N–H and O–H groups in total. The van der Waals surface area contributed by atoms with Crippen LogP contribution in [0.25, 0.3) is 66.9 Å². The molecule has 1 aromatic heterocycles. The van der Waals surface area contributed by atoms with Crippen molar-refractivity contribution >= 4 is 63.7 Å². The molecule has 5 heteroatoms. The van der Waals surface area contributed by atoms with Crippen LogP contribution >= 0.6 is 63.7 Å². The smallest absolute Gasteiger partial charge is 0.0702 e. The van der Waals surface area contributed by atoms with Crippen LogP contribution < -0.4 is 0 Å². The van der Waals surface area contributed by atoms with Gasteiger partial charge < -0.3 is 0 Å². The maximum absolute atomic E-state index is 4.66. The second-order valence-corrected chi connectivity index (χ2v) is 14.6. The van der Waals surface area contributed by atoms with E-state index >= 15 is 0 Å². The minimum atomic E-state index is 0.947. The molecule has 0 saturated heterocycles. The Morgan fingerprint density at radius 3 is 1.24 bits per heavy atom. The monoisotopic (exact) mass is 847 g/mol. The number of hydrogen-bond acceptors (Lipinski definition) is 1. The first-order chi connectivity index (χ1) is 22.4. The lowest BCUT2D eigenvalue weighted by Gasteiger charge is -2.25. The van der Waals surface area contributed by atoms with E-state index in [2.05, 4.69) is 202 Å². The van der Waals surface area contributed by atoms with Gasteiger partial charge in [0.25, 0.3) is 0 Å². The fraction of sp³-hybridized carbons (Fsp3) is 0. The van der Waals surface area contributed by atoms with Gasteiger partial charge in [-0.25, -0.2) is 0 Å². The highest BCUT2D eigenvalue weighted by Crippen LogP contribution is 2.51. The number of benzene rings is 6. The number of hydrogen-bond donors (Lipinski definition) is 0. The highest BCUT2D eigenvalue weighted by molar-refractivity contribution is 9.11. The first-order valence-electron chi connectivity index (χ1n) is 14.7. The molecular formula is C41H25Br4N. The van der Waals surface area contributed by atoms with Crippen LogP contribution in [-0.2, 0) is 0 Å². The van der Waals surface area contributed by atoms with Gasteiger partial charge in [0.1, 0.15) is 0 Å². The maximum atomic E-state index is 4.66. The van der Waals surface area contributed by atoms with E-state index in [4.69, 9.17) is 0 Å². The third-order valence-corrected chi connectivity index (χ3v) is 10.1. The van der Waals surface area contributed by atoms with E-state index in [0.717, 1.165) is 68.1 Å². The maximum Gasteiger partial charge on any atom is 0.0702 e. The normalized spacial score (nSPS) is 11.0. The number of rotatable bonds is 6. The van der Waals surface area contributed by atoms with Gasteiger partial charge in [-0.2, -0.15) is 0 Å². The molecule has 222 valence electrons. The molecule has 7 aromatic rings. The van der Waals surface area contributed by atoms with E-state index in [0.29, 0.717) is 0 Å². The summed E-state index contributed by atoms with van der Waals surface area (Å²) in [6.07, 6.45) is 1.85. The van der Waals surface area contributed by atoms with Gasteiger partial charge in [-0.05, 0) is 128 Å². The second kappa shape index (κ2) is 13.6. The van der Waals surface area contributed by atoms with Crippen molar-refractivity contribution in [1.82, 2.24) is 4.98 Å². The SMILES string of the molecule is Brc1ccc(-c2cc(-c3cccc(-c4ccccn4)c3)c(-c3ccc(Br)cc3)c(-c3ccc(Br)cc3)c2-c2ccc(Br)cc2)cc1. The molecule has 0 amide bonds. The molecule has 0 aliphatic heterocycles. The Labute approximate surface area is 302 Å². The third-order valence-electron chi connectivity index (χ3n) is 8.02. The van der Waals surface area contributed by atoms with Gasteiger partial charge in [-0.1, -0.05) is 137 Å². The predicted molar refractivity (Wildman–Crippen MR) is 208 cm³/mol. The van der Waals surface area contributed by atoms with E-state index in [1.54, 1.807) is 0 Å². The van der Waals surface area contributed by atoms with Crippen LogP contribution in [-0.4, -0.2) is 4.98 Å². The van der Waals surface area contributed by atoms with Crippen LogP contribution in [0.2, 0.25) is 0 Å². The van der Waals surface area contributed by atoms with Crippen molar-refractivity contribution in [2.24, 2.45) is 0 Å². The van der Waals surface area contributed by atoms with Crippen LogP contribution in [0.4, 0.5) is 0 Å². The summed E-state index contributed by atoms with van der Waals surface area (Å²) in [6.45, 7) is 0. The Hall–Kier alpha value is -3.61. The minimum absolute atomic E-state index is 0.947. The Balaban J connectivity index is 1.65. The quantitative estimate of drug-likeness (QED) is 0.162. The van der Waals surface area contributed by atoms with Crippen molar-refractivity contribution in [2.45, 2.75) is 0 Å². The van der Waals surface area contributed by atoms with Crippen LogP contribution in [0, 0.1) is 0 Å². The third kappa shape index (κ3) is 6.47. The Bertz CT molecular complexity index is 2140. The summed E-state index contributed by atoms with van der Waals surface area (Å²) in [5, 5.41) is 0. The summed E-state index contributed by atoms with van der Waals surface area (Å²) in [7, 11) is 0. The number of nitrogens with zero attached hydrogens (tertiary/aromatic N) is 1. The Morgan fingerprint density at radius 1 is 0.326 bits per heavy atom. The molecule has 0 aliphatic rings. The molecule has 0 atom stereocenters. The fourth-order valence-electron chi connectivity index (χ4n) is 5.89. The lowest BCUT2D eigenvalue weighted by atomic mass is 9.78. The zero-order valence-electron chi connectivity index (χ0n) is 24.4. The number of aromatic nitrogens is 1. The zero-order valence-corrected chi connectivity index (χ0v) is 30.7. The largest absolute Gasteiger partial charge is 0.256 e. The van der Waals surface area contributed by atoms with E-state index in [9.17, 15) is 0 Å². The molecule has 46 heavy (non-hydrogen) atoms. The van der Waals surface area contributed by atoms with Gasteiger partial charge in [0, 0.05) is 29.7 Å². The van der Waals surface area contributed by atoms with Gasteiger partial charge in [0.05, 0.1) is 5.69 Å². The highest BCUT2D eigenvalue weighted by atomic mass is 79.9. The van der Waals surface area contributed by atoms with Gasteiger partial charge in [0.2, 0.25) is 0 Å². The molecule has 0 spiro atoms. The van der Waals surface area contributed by atoms with E-state index < -0.39 is 0 Å². The average Bonchev–Trinajstić information content (AvgIpc) is 3.09. The highest BCUT2D eigenvalue weighted by Gasteiger charge is 2.24. The average molecular weight is 851 g/mol. The first-order valence-corrected chi connectivity index (χ1v) is 17.9. The molecule has 1 heterocycles. The molecular weight excluding hydrogens is 826 g/mol. The van der Waals surface area contributed by atoms with E-state index in [1.807, 2.05) is 18.3 Å². The van der Waals surface area contributed by atoms with Gasteiger partial charge in [0.15, 0.2) is 0 Å². The van der Waals surface area contributed by atoms with E-state index in [-0.39, 0.29) is 0 Å². The summed E-state index contributed by atoms with van der Waals surface area (Å²) >= 11 is 14.7. The zero-order chi connectivity index (χ0) is 31.6. The van der Waals surface area contributed by atoms with Crippen molar-refractivity contribution in [1.29, 1.82) is 0 Å². The second-order valence-electron chi connectivity index (χ2n) is 10.9. The Morgan fingerprint density at radius 2 is 0.761 bits per heavy atom. The van der Waals surface area contributed by atoms with Crippen LogP contribution in [0.5, 0.6) is 0 Å². The first kappa shape index (κ1) is 31.0. The summed E-state index contributed by atoms with van der Waals surface area (Å²) in [5.41, 5.74) is 13.6. The van der Waals surface area contributed by atoms with Crippen LogP contribution in [0.1, 0.15) is 0 Å². The van der Waals surface area contributed by atoms with Crippen molar-refractivity contribution in [3.05, 3.63) is 170 Å².